The molecule has 0 saturated carbocycles. The first kappa shape index (κ1) is 9.27. The first-order chi connectivity index (χ1) is 5.58. The Hall–Kier alpha value is -0.820. The Labute approximate surface area is 72.1 Å². The molecule has 0 N–H and O–H groups in total. The zero-order valence-corrected chi connectivity index (χ0v) is 8.12. The van der Waals surface area contributed by atoms with Crippen molar-refractivity contribution in [1.82, 2.24) is 4.98 Å². The molecular formula is C8H12NO2P. The molecule has 1 aromatic rings. The van der Waals surface area contributed by atoms with Gasteiger partial charge in [0.05, 0.1) is 0 Å². The van der Waals surface area contributed by atoms with Gasteiger partial charge in [-0.05, 0) is 25.5 Å². The molecule has 0 atom stereocenters. The van der Waals surface area contributed by atoms with Gasteiger partial charge >= 0.3 is 0 Å². The predicted molar refractivity (Wildman–Crippen MR) is 49.2 cm³/mol. The van der Waals surface area contributed by atoms with Crippen molar-refractivity contribution in [3.8, 4) is 5.75 Å². The smallest absolute Gasteiger partial charge is 0.140 e. The van der Waals surface area contributed by atoms with Crippen LogP contribution < -0.4 is 4.74 Å². The fourth-order valence-electron chi connectivity index (χ4n) is 0.664. The highest BCUT2D eigenvalue weighted by atomic mass is 31.2. The van der Waals surface area contributed by atoms with Crippen LogP contribution >= 0.6 is 7.14 Å². The highest BCUT2D eigenvalue weighted by Crippen LogP contribution is 2.35. The molecular weight excluding hydrogens is 173 g/mol. The van der Waals surface area contributed by atoms with Gasteiger partial charge in [0.15, 0.2) is 0 Å². The van der Waals surface area contributed by atoms with Crippen LogP contribution in [-0.2, 0) is 4.57 Å². The molecule has 1 heterocycles. The molecule has 1 rings (SSSR count). The molecule has 0 spiro atoms. The van der Waals surface area contributed by atoms with Gasteiger partial charge in [0, 0.05) is 12.4 Å². The minimum absolute atomic E-state index is 0.289. The number of hydrogen-bond donors (Lipinski definition) is 0. The van der Waals surface area contributed by atoms with E-state index in [-0.39, 0.29) is 6.35 Å². The Bertz CT molecular complexity index is 280. The Morgan fingerprint density at radius 3 is 2.50 bits per heavy atom. The largest absolute Gasteiger partial charge is 0.486 e. The van der Waals surface area contributed by atoms with Gasteiger partial charge in [-0.1, -0.05) is 0 Å². The van der Waals surface area contributed by atoms with E-state index < -0.39 is 7.14 Å². The normalized spacial score (nSPS) is 11.2. The topological polar surface area (TPSA) is 39.2 Å². The summed E-state index contributed by atoms with van der Waals surface area (Å²) in [6.45, 7) is 3.41. The van der Waals surface area contributed by atoms with Crippen molar-refractivity contribution in [2.24, 2.45) is 0 Å². The maximum atomic E-state index is 11.2. The third kappa shape index (κ3) is 3.54. The third-order valence-electron chi connectivity index (χ3n) is 1.19. The van der Waals surface area contributed by atoms with Crippen LogP contribution in [0.15, 0.2) is 24.5 Å². The molecule has 0 bridgehead atoms. The second-order valence-electron chi connectivity index (χ2n) is 3.03. The van der Waals surface area contributed by atoms with Crippen LogP contribution in [0.3, 0.4) is 0 Å². The number of ether oxygens (including phenoxy) is 1. The van der Waals surface area contributed by atoms with Gasteiger partial charge in [-0.25, -0.2) is 0 Å². The average molecular weight is 185 g/mol. The van der Waals surface area contributed by atoms with Crippen molar-refractivity contribution in [2.45, 2.75) is 0 Å². The molecule has 0 aliphatic heterocycles. The van der Waals surface area contributed by atoms with Gasteiger partial charge < -0.3 is 9.30 Å². The Morgan fingerprint density at radius 2 is 2.00 bits per heavy atom. The zero-order chi connectivity index (χ0) is 9.03. The first-order valence-electron chi connectivity index (χ1n) is 3.65. The van der Waals surface area contributed by atoms with Crippen molar-refractivity contribution in [3.05, 3.63) is 24.5 Å². The number of rotatable bonds is 3. The molecule has 0 amide bonds. The van der Waals surface area contributed by atoms with E-state index in [9.17, 15) is 4.57 Å². The van der Waals surface area contributed by atoms with E-state index in [0.717, 1.165) is 0 Å². The minimum Gasteiger partial charge on any atom is -0.486 e. The van der Waals surface area contributed by atoms with Crippen LogP contribution in [0.4, 0.5) is 0 Å². The van der Waals surface area contributed by atoms with Crippen LogP contribution in [0, 0.1) is 0 Å². The standard InChI is InChI=1S/C8H12NO2P/c1-12(2,10)7-11-8-3-5-9-6-4-8/h3-6H,7H2,1-2H3. The van der Waals surface area contributed by atoms with Gasteiger partial charge in [-0.15, -0.1) is 0 Å². The minimum atomic E-state index is -2.07. The van der Waals surface area contributed by atoms with Gasteiger partial charge in [-0.3, -0.25) is 4.98 Å². The summed E-state index contributed by atoms with van der Waals surface area (Å²) in [6.07, 6.45) is 3.58. The first-order valence-corrected chi connectivity index (χ1v) is 6.43. The highest BCUT2D eigenvalue weighted by molar-refractivity contribution is 7.62. The third-order valence-corrected chi connectivity index (χ3v) is 1.94. The summed E-state index contributed by atoms with van der Waals surface area (Å²) >= 11 is 0. The monoisotopic (exact) mass is 185 g/mol. The summed E-state index contributed by atoms with van der Waals surface area (Å²) in [5.41, 5.74) is 0. The van der Waals surface area contributed by atoms with Gasteiger partial charge in [0.2, 0.25) is 0 Å². The molecule has 0 aliphatic carbocycles. The van der Waals surface area contributed by atoms with Crippen LogP contribution in [0.2, 0.25) is 0 Å². The fourth-order valence-corrected chi connectivity index (χ4v) is 1.12. The number of aromatic nitrogens is 1. The average Bonchev–Trinajstić information content (AvgIpc) is 2.02. The van der Waals surface area contributed by atoms with E-state index in [1.807, 2.05) is 0 Å². The van der Waals surface area contributed by atoms with E-state index in [4.69, 9.17) is 4.74 Å². The van der Waals surface area contributed by atoms with E-state index in [1.54, 1.807) is 37.9 Å². The van der Waals surface area contributed by atoms with E-state index >= 15 is 0 Å². The van der Waals surface area contributed by atoms with Crippen molar-refractivity contribution >= 4 is 7.14 Å². The predicted octanol–water partition coefficient (Wildman–Crippen LogP) is 2.04. The lowest BCUT2D eigenvalue weighted by Crippen LogP contribution is -1.96. The number of hydrogen-bond acceptors (Lipinski definition) is 3. The lowest BCUT2D eigenvalue weighted by Gasteiger charge is -2.08. The molecule has 1 aromatic heterocycles. The number of nitrogens with zero attached hydrogens (tertiary/aromatic N) is 1. The maximum absolute atomic E-state index is 11.2. The van der Waals surface area contributed by atoms with Gasteiger partial charge in [-0.2, -0.15) is 0 Å². The molecule has 0 unspecified atom stereocenters. The SMILES string of the molecule is CP(C)(=O)COc1ccncc1. The van der Waals surface area contributed by atoms with Gasteiger partial charge in [0.1, 0.15) is 19.2 Å². The summed E-state index contributed by atoms with van der Waals surface area (Å²) in [6, 6.07) is 3.49. The molecule has 0 fully saturated rings. The van der Waals surface area contributed by atoms with Crippen LogP contribution in [0.5, 0.6) is 5.75 Å². The van der Waals surface area contributed by atoms with Crippen LogP contribution in [-0.4, -0.2) is 24.7 Å². The summed E-state index contributed by atoms with van der Waals surface area (Å²) in [7, 11) is -2.07. The van der Waals surface area contributed by atoms with Crippen molar-refractivity contribution in [1.29, 1.82) is 0 Å². The Morgan fingerprint density at radius 1 is 1.42 bits per heavy atom. The Balaban J connectivity index is 2.50. The summed E-state index contributed by atoms with van der Waals surface area (Å²) in [4.78, 5) is 3.84. The van der Waals surface area contributed by atoms with E-state index in [1.165, 1.54) is 0 Å². The second kappa shape index (κ2) is 3.72. The molecule has 4 heteroatoms. The van der Waals surface area contributed by atoms with Crippen molar-refractivity contribution in [3.63, 3.8) is 0 Å². The van der Waals surface area contributed by atoms with Gasteiger partial charge in [0.25, 0.3) is 0 Å². The lowest BCUT2D eigenvalue weighted by atomic mass is 10.5. The molecule has 12 heavy (non-hydrogen) atoms. The highest BCUT2D eigenvalue weighted by Gasteiger charge is 2.06. The summed E-state index contributed by atoms with van der Waals surface area (Å²) < 4.78 is 16.5. The van der Waals surface area contributed by atoms with Crippen LogP contribution in [0.25, 0.3) is 0 Å². The quantitative estimate of drug-likeness (QED) is 0.676. The fraction of sp³-hybridized carbons (Fsp3) is 0.375. The summed E-state index contributed by atoms with van der Waals surface area (Å²) in [5.74, 6) is 0.717. The molecule has 0 saturated heterocycles. The zero-order valence-electron chi connectivity index (χ0n) is 7.23. The maximum Gasteiger partial charge on any atom is 0.140 e. The molecule has 3 nitrogen and oxygen atoms in total. The second-order valence-corrected chi connectivity index (χ2v) is 6.44. The number of pyridine rings is 1. The van der Waals surface area contributed by atoms with Crippen molar-refractivity contribution in [2.75, 3.05) is 19.7 Å². The van der Waals surface area contributed by atoms with Crippen LogP contribution in [0.1, 0.15) is 0 Å². The van der Waals surface area contributed by atoms with E-state index in [2.05, 4.69) is 4.98 Å². The lowest BCUT2D eigenvalue weighted by molar-refractivity contribution is 0.377. The summed E-state index contributed by atoms with van der Waals surface area (Å²) in [5, 5.41) is 0. The molecule has 66 valence electrons. The Kier molecular flexibility index (Phi) is 2.88. The van der Waals surface area contributed by atoms with E-state index in [0.29, 0.717) is 5.75 Å². The molecule has 0 radical (unpaired) electrons. The molecule has 0 aromatic carbocycles. The van der Waals surface area contributed by atoms with Crippen molar-refractivity contribution < 1.29 is 9.30 Å². The molecule has 0 aliphatic rings.